The van der Waals surface area contributed by atoms with Crippen molar-refractivity contribution in [1.29, 1.82) is 0 Å². The lowest BCUT2D eigenvalue weighted by Crippen LogP contribution is -2.51. The van der Waals surface area contributed by atoms with Crippen LogP contribution in [0.1, 0.15) is 18.1 Å². The molecule has 38 heavy (non-hydrogen) atoms. The highest BCUT2D eigenvalue weighted by Crippen LogP contribution is 2.32. The largest absolute Gasteiger partial charge is 0.495 e. The van der Waals surface area contributed by atoms with Crippen LogP contribution in [0.2, 0.25) is 5.02 Å². The third kappa shape index (κ3) is 6.85. The molecule has 0 bridgehead atoms. The van der Waals surface area contributed by atoms with Gasteiger partial charge >= 0.3 is 0 Å². The number of likely N-dealkylation sites (N-methyl/N-ethyl adjacent to an activating group) is 1. The number of ether oxygens (including phenoxy) is 1. The Morgan fingerprint density at radius 3 is 2.26 bits per heavy atom. The van der Waals surface area contributed by atoms with E-state index in [1.807, 2.05) is 37.3 Å². The summed E-state index contributed by atoms with van der Waals surface area (Å²) in [5.74, 6) is -0.515. The van der Waals surface area contributed by atoms with E-state index in [-0.39, 0.29) is 28.1 Å². The van der Waals surface area contributed by atoms with Crippen LogP contribution >= 0.6 is 11.6 Å². The molecular weight excluding hydrogens is 526 g/mol. The molecule has 0 aliphatic carbocycles. The van der Waals surface area contributed by atoms with Gasteiger partial charge in [0.25, 0.3) is 10.0 Å². The summed E-state index contributed by atoms with van der Waals surface area (Å²) in [5.41, 5.74) is 2.08. The van der Waals surface area contributed by atoms with Gasteiger partial charge in [0.15, 0.2) is 0 Å². The van der Waals surface area contributed by atoms with Crippen LogP contribution < -0.4 is 14.4 Å². The Morgan fingerprint density at radius 1 is 1.03 bits per heavy atom. The molecule has 1 atom stereocenters. The summed E-state index contributed by atoms with van der Waals surface area (Å²) in [6.45, 7) is 3.16. The summed E-state index contributed by atoms with van der Waals surface area (Å²) in [6, 6.07) is 19.6. The molecule has 0 saturated carbocycles. The van der Waals surface area contributed by atoms with Crippen molar-refractivity contribution >= 4 is 39.1 Å². The summed E-state index contributed by atoms with van der Waals surface area (Å²) >= 11 is 6.32. The smallest absolute Gasteiger partial charge is 0.264 e. The van der Waals surface area contributed by atoms with Gasteiger partial charge < -0.3 is 15.0 Å². The number of nitrogens with one attached hydrogen (secondary N) is 1. The lowest BCUT2D eigenvalue weighted by atomic mass is 10.1. The van der Waals surface area contributed by atoms with Crippen LogP contribution in [0.4, 0.5) is 5.69 Å². The van der Waals surface area contributed by atoms with Crippen molar-refractivity contribution in [3.05, 3.63) is 88.9 Å². The van der Waals surface area contributed by atoms with Gasteiger partial charge in [0.2, 0.25) is 11.8 Å². The standard InChI is InChI=1S/C28H32ClN3O5S/c1-20-10-13-24(14-11-20)38(35,36)32(23-12-15-26(37-4)25(29)18-23)19-27(33)31(21(2)28(34)30-3)17-16-22-8-6-5-7-9-22/h5-15,18,21H,16-17,19H2,1-4H3,(H,30,34). The number of carbonyl (C=O) groups is 2. The zero-order valence-corrected chi connectivity index (χ0v) is 23.4. The number of amides is 2. The molecule has 3 aromatic rings. The molecule has 8 nitrogen and oxygen atoms in total. The Hall–Kier alpha value is -3.56. The van der Waals surface area contributed by atoms with Gasteiger partial charge in [-0.2, -0.15) is 0 Å². The number of methoxy groups -OCH3 is 1. The maximum absolute atomic E-state index is 13.8. The van der Waals surface area contributed by atoms with Crippen molar-refractivity contribution in [3.63, 3.8) is 0 Å². The number of hydrogen-bond acceptors (Lipinski definition) is 5. The van der Waals surface area contributed by atoms with Gasteiger partial charge in [0, 0.05) is 13.6 Å². The van der Waals surface area contributed by atoms with Crippen LogP contribution in [-0.2, 0) is 26.0 Å². The number of halogens is 1. The Morgan fingerprint density at radius 2 is 1.68 bits per heavy atom. The van der Waals surface area contributed by atoms with Crippen LogP contribution in [0.25, 0.3) is 0 Å². The number of sulfonamides is 1. The van der Waals surface area contributed by atoms with Crippen LogP contribution in [0.15, 0.2) is 77.7 Å². The first-order valence-electron chi connectivity index (χ1n) is 12.1. The third-order valence-corrected chi connectivity index (χ3v) is 8.29. The predicted molar refractivity (Wildman–Crippen MR) is 149 cm³/mol. The van der Waals surface area contributed by atoms with E-state index >= 15 is 0 Å². The second-order valence-electron chi connectivity index (χ2n) is 8.76. The summed E-state index contributed by atoms with van der Waals surface area (Å²) in [4.78, 5) is 27.7. The Kier molecular flexibility index (Phi) is 9.77. The summed E-state index contributed by atoms with van der Waals surface area (Å²) in [5, 5.41) is 2.76. The van der Waals surface area contributed by atoms with E-state index in [0.29, 0.717) is 12.2 Å². The van der Waals surface area contributed by atoms with E-state index in [4.69, 9.17) is 16.3 Å². The number of nitrogens with zero attached hydrogens (tertiary/aromatic N) is 2. The Bertz CT molecular complexity index is 1360. The fourth-order valence-corrected chi connectivity index (χ4v) is 5.61. The quantitative estimate of drug-likeness (QED) is 0.383. The van der Waals surface area contributed by atoms with E-state index < -0.39 is 28.5 Å². The summed E-state index contributed by atoms with van der Waals surface area (Å²) in [6.07, 6.45) is 0.493. The first-order valence-corrected chi connectivity index (χ1v) is 13.9. The highest BCUT2D eigenvalue weighted by Gasteiger charge is 2.32. The van der Waals surface area contributed by atoms with E-state index in [0.717, 1.165) is 15.4 Å². The lowest BCUT2D eigenvalue weighted by Gasteiger charge is -2.32. The van der Waals surface area contributed by atoms with Crippen molar-refractivity contribution in [3.8, 4) is 5.75 Å². The van der Waals surface area contributed by atoms with Gasteiger partial charge in [0.05, 0.1) is 22.7 Å². The van der Waals surface area contributed by atoms with Crippen LogP contribution in [-0.4, -0.2) is 58.4 Å². The van der Waals surface area contributed by atoms with Crippen LogP contribution in [0.3, 0.4) is 0 Å². The van der Waals surface area contributed by atoms with Crippen molar-refractivity contribution in [2.24, 2.45) is 0 Å². The third-order valence-electron chi connectivity index (χ3n) is 6.21. The van der Waals surface area contributed by atoms with Gasteiger partial charge in [-0.25, -0.2) is 8.42 Å². The average molecular weight is 558 g/mol. The van der Waals surface area contributed by atoms with Crippen LogP contribution in [0, 0.1) is 6.92 Å². The van der Waals surface area contributed by atoms with Gasteiger partial charge in [-0.3, -0.25) is 13.9 Å². The number of anilines is 1. The molecule has 3 rings (SSSR count). The fraction of sp³-hybridized carbons (Fsp3) is 0.286. The molecule has 0 aromatic heterocycles. The number of aryl methyl sites for hydroxylation is 1. The minimum absolute atomic E-state index is 0.0259. The lowest BCUT2D eigenvalue weighted by molar-refractivity contribution is -0.138. The van der Waals surface area contributed by atoms with Crippen molar-refractivity contribution in [2.75, 3.05) is 31.6 Å². The minimum Gasteiger partial charge on any atom is -0.495 e. The fourth-order valence-electron chi connectivity index (χ4n) is 3.96. The van der Waals surface area contributed by atoms with Gasteiger partial charge in [0.1, 0.15) is 18.3 Å². The zero-order chi connectivity index (χ0) is 27.9. The molecule has 1 N–H and O–H groups in total. The molecule has 202 valence electrons. The molecule has 0 fully saturated rings. The van der Waals surface area contributed by atoms with E-state index in [2.05, 4.69) is 5.32 Å². The van der Waals surface area contributed by atoms with E-state index in [1.54, 1.807) is 25.1 Å². The molecular formula is C28H32ClN3O5S. The highest BCUT2D eigenvalue weighted by atomic mass is 35.5. The molecule has 0 saturated heterocycles. The first kappa shape index (κ1) is 29.0. The van der Waals surface area contributed by atoms with E-state index in [9.17, 15) is 18.0 Å². The van der Waals surface area contributed by atoms with Crippen molar-refractivity contribution in [2.45, 2.75) is 31.2 Å². The molecule has 10 heteroatoms. The summed E-state index contributed by atoms with van der Waals surface area (Å²) < 4.78 is 33.8. The molecule has 0 aliphatic rings. The number of benzene rings is 3. The average Bonchev–Trinajstić information content (AvgIpc) is 2.91. The van der Waals surface area contributed by atoms with Gasteiger partial charge in [-0.1, -0.05) is 59.6 Å². The molecule has 3 aromatic carbocycles. The maximum atomic E-state index is 13.8. The number of rotatable bonds is 11. The SMILES string of the molecule is CNC(=O)C(C)N(CCc1ccccc1)C(=O)CN(c1ccc(OC)c(Cl)c1)S(=O)(=O)c1ccc(C)cc1. The Labute approximate surface area is 229 Å². The molecule has 1 unspecified atom stereocenters. The normalized spacial score (nSPS) is 11.9. The first-order chi connectivity index (χ1) is 18.1. The Balaban J connectivity index is 2.01. The highest BCUT2D eigenvalue weighted by molar-refractivity contribution is 7.92. The van der Waals surface area contributed by atoms with Gasteiger partial charge in [-0.15, -0.1) is 0 Å². The summed E-state index contributed by atoms with van der Waals surface area (Å²) in [7, 11) is -1.22. The van der Waals surface area contributed by atoms with Gasteiger partial charge in [-0.05, 0) is 56.2 Å². The second kappa shape index (κ2) is 12.8. The second-order valence-corrected chi connectivity index (χ2v) is 11.0. The molecule has 0 heterocycles. The molecule has 2 amide bonds. The van der Waals surface area contributed by atoms with Crippen molar-refractivity contribution < 1.29 is 22.7 Å². The molecule has 0 radical (unpaired) electrons. The zero-order valence-electron chi connectivity index (χ0n) is 21.8. The molecule has 0 aliphatic heterocycles. The van der Waals surface area contributed by atoms with Crippen molar-refractivity contribution in [1.82, 2.24) is 10.2 Å². The number of hydrogen-bond donors (Lipinski definition) is 1. The topological polar surface area (TPSA) is 96.0 Å². The monoisotopic (exact) mass is 557 g/mol. The molecule has 0 spiro atoms. The maximum Gasteiger partial charge on any atom is 0.264 e. The van der Waals surface area contributed by atoms with E-state index in [1.165, 1.54) is 43.3 Å². The van der Waals surface area contributed by atoms with Crippen LogP contribution in [0.5, 0.6) is 5.75 Å². The minimum atomic E-state index is -4.17. The predicted octanol–water partition coefficient (Wildman–Crippen LogP) is 4.06. The number of carbonyl (C=O) groups excluding carboxylic acids is 2.